The molecule has 0 saturated carbocycles. The fourth-order valence-electron chi connectivity index (χ4n) is 5.07. The van der Waals surface area contributed by atoms with Crippen molar-refractivity contribution < 1.29 is 28.3 Å². The molecule has 0 bridgehead atoms. The quantitative estimate of drug-likeness (QED) is 0.159. The molecular weight excluding hydrogens is 616 g/mol. The van der Waals surface area contributed by atoms with Crippen LogP contribution in [0.15, 0.2) is 36.4 Å². The van der Waals surface area contributed by atoms with Gasteiger partial charge in [0.2, 0.25) is 0 Å². The van der Waals surface area contributed by atoms with Crippen LogP contribution in [0.4, 0.5) is 8.78 Å². The van der Waals surface area contributed by atoms with Crippen LogP contribution in [0.3, 0.4) is 0 Å². The van der Waals surface area contributed by atoms with Gasteiger partial charge in [0.15, 0.2) is 0 Å². The van der Waals surface area contributed by atoms with Crippen molar-refractivity contribution in [1.29, 1.82) is 9.56 Å². The number of halogens is 2. The highest BCUT2D eigenvalue weighted by molar-refractivity contribution is 7.91. The largest absolute Gasteiger partial charge is 0.390 e. The van der Waals surface area contributed by atoms with Gasteiger partial charge in [0.25, 0.3) is 17.7 Å². The Kier molecular flexibility index (Phi) is 14.7. The van der Waals surface area contributed by atoms with Gasteiger partial charge in [-0.1, -0.05) is 27.7 Å². The molecule has 0 saturated heterocycles. The van der Waals surface area contributed by atoms with Crippen LogP contribution < -0.4 is 10.1 Å². The highest BCUT2D eigenvalue weighted by Crippen LogP contribution is 2.18. The van der Waals surface area contributed by atoms with Crippen LogP contribution in [-0.4, -0.2) is 96.3 Å². The van der Waals surface area contributed by atoms with Crippen molar-refractivity contribution >= 4 is 27.5 Å². The molecule has 2 aromatic rings. The topological polar surface area (TPSA) is 153 Å². The third kappa shape index (κ3) is 12.0. The standard InChI is InChI=1S/C32H49F2N7O4S/c1-8-10-41(11-9-2)32(45)25-16-23(15-24(17-25)31(44)39(5)6)30(43)37-28(14-22-12-26(33)18-27(34)13-22)29(42)19-40(7)38-46(35,36)20-21(3)4/h12-13,15-18,21,28-29,42H,8-11,14,19-20H2,1-7H3,(H,37,43)(H3,35,36,38). The molecule has 0 aliphatic heterocycles. The molecule has 11 nitrogen and oxygen atoms in total. The minimum atomic E-state index is -2.73. The lowest BCUT2D eigenvalue weighted by Crippen LogP contribution is -2.52. The van der Waals surface area contributed by atoms with E-state index in [1.165, 1.54) is 28.1 Å². The monoisotopic (exact) mass is 665 g/mol. The summed E-state index contributed by atoms with van der Waals surface area (Å²) in [7, 11) is 1.93. The number of carbonyl (C=O) groups is 3. The number of nitrogens with one attached hydrogen (secondary N) is 4. The zero-order chi connectivity index (χ0) is 34.8. The Labute approximate surface area is 271 Å². The van der Waals surface area contributed by atoms with Gasteiger partial charge in [-0.25, -0.2) is 13.8 Å². The fourth-order valence-corrected chi connectivity index (χ4v) is 6.75. The molecule has 0 heterocycles. The Hall–Kier alpha value is -3.46. The van der Waals surface area contributed by atoms with Crippen LogP contribution >= 0.6 is 0 Å². The average Bonchev–Trinajstić information content (AvgIpc) is 2.93. The molecule has 46 heavy (non-hydrogen) atoms. The maximum absolute atomic E-state index is 14.1. The predicted octanol–water partition coefficient (Wildman–Crippen LogP) is 4.32. The van der Waals surface area contributed by atoms with Gasteiger partial charge in [-0.05, 0) is 61.1 Å². The number of amides is 3. The third-order valence-electron chi connectivity index (χ3n) is 6.88. The molecule has 2 atom stereocenters. The summed E-state index contributed by atoms with van der Waals surface area (Å²) in [5.74, 6) is -2.72. The van der Waals surface area contributed by atoms with E-state index in [0.717, 1.165) is 31.0 Å². The molecular formula is C32H49F2N7O4S. The lowest BCUT2D eigenvalue weighted by Gasteiger charge is -2.30. The number of hydrogen-bond donors (Lipinski definition) is 5. The number of aliphatic hydroxyl groups excluding tert-OH is 1. The SMILES string of the molecule is CCCN(CCC)C(=O)c1cc(C(=O)NC(Cc2cc(F)cc(F)c2)C(O)CN(C)NS(=N)(=N)CC(C)C)cc(C(=O)N(C)C)c1. The van der Waals surface area contributed by atoms with E-state index < -0.39 is 45.4 Å². The fraction of sp³-hybridized carbons (Fsp3) is 0.531. The Balaban J connectivity index is 2.49. The molecule has 2 unspecified atom stereocenters. The van der Waals surface area contributed by atoms with Crippen molar-refractivity contribution in [3.05, 3.63) is 70.3 Å². The Morgan fingerprint density at radius 3 is 1.89 bits per heavy atom. The first kappa shape index (κ1) is 38.7. The minimum absolute atomic E-state index is 0.00388. The van der Waals surface area contributed by atoms with Gasteiger partial charge in [-0.15, -0.1) is 0 Å². The Morgan fingerprint density at radius 1 is 0.870 bits per heavy atom. The zero-order valence-electron chi connectivity index (χ0n) is 27.8. The van der Waals surface area contributed by atoms with Crippen LogP contribution in [0.1, 0.15) is 77.2 Å². The first-order valence-electron chi connectivity index (χ1n) is 15.3. The number of hydrazine groups is 1. The van der Waals surface area contributed by atoms with Gasteiger partial charge >= 0.3 is 0 Å². The van der Waals surface area contributed by atoms with Crippen LogP contribution in [-0.2, 0) is 16.2 Å². The summed E-state index contributed by atoms with van der Waals surface area (Å²) in [6.45, 7) is 8.55. The van der Waals surface area contributed by atoms with E-state index in [1.807, 2.05) is 27.7 Å². The van der Waals surface area contributed by atoms with Crippen LogP contribution in [0.25, 0.3) is 0 Å². The van der Waals surface area contributed by atoms with Crippen molar-refractivity contribution in [2.75, 3.05) is 46.5 Å². The summed E-state index contributed by atoms with van der Waals surface area (Å²) in [5.41, 5.74) is 0.456. The molecule has 256 valence electrons. The second kappa shape index (κ2) is 17.5. The lowest BCUT2D eigenvalue weighted by molar-refractivity contribution is 0.0691. The number of hydrogen-bond acceptors (Lipinski definition) is 7. The van der Waals surface area contributed by atoms with E-state index in [-0.39, 0.29) is 52.8 Å². The molecule has 2 aromatic carbocycles. The number of benzene rings is 2. The van der Waals surface area contributed by atoms with Gasteiger partial charge < -0.3 is 20.2 Å². The van der Waals surface area contributed by atoms with Crippen molar-refractivity contribution in [3.63, 3.8) is 0 Å². The molecule has 14 heteroatoms. The Morgan fingerprint density at radius 2 is 1.39 bits per heavy atom. The van der Waals surface area contributed by atoms with E-state index in [0.29, 0.717) is 13.1 Å². The van der Waals surface area contributed by atoms with Gasteiger partial charge in [0.1, 0.15) is 11.6 Å². The molecule has 0 aliphatic carbocycles. The molecule has 0 radical (unpaired) electrons. The van der Waals surface area contributed by atoms with Crippen molar-refractivity contribution in [2.24, 2.45) is 5.92 Å². The molecule has 5 N–H and O–H groups in total. The van der Waals surface area contributed by atoms with Gasteiger partial charge in [0.05, 0.1) is 12.1 Å². The molecule has 0 fully saturated rings. The second-order valence-corrected chi connectivity index (χ2v) is 14.2. The van der Waals surface area contributed by atoms with Crippen molar-refractivity contribution in [3.8, 4) is 0 Å². The summed E-state index contributed by atoms with van der Waals surface area (Å²) in [6, 6.07) is 6.05. The van der Waals surface area contributed by atoms with Gasteiger partial charge in [-0.3, -0.25) is 23.9 Å². The predicted molar refractivity (Wildman–Crippen MR) is 177 cm³/mol. The van der Waals surface area contributed by atoms with Gasteiger partial charge in [-0.2, -0.15) is 4.83 Å². The first-order chi connectivity index (χ1) is 21.5. The second-order valence-electron chi connectivity index (χ2n) is 12.2. The van der Waals surface area contributed by atoms with Crippen LogP contribution in [0, 0.1) is 27.1 Å². The molecule has 0 aromatic heterocycles. The number of aliphatic hydroxyl groups is 1. The third-order valence-corrected chi connectivity index (χ3v) is 8.67. The van der Waals surface area contributed by atoms with Crippen molar-refractivity contribution in [2.45, 2.75) is 59.1 Å². The molecule has 0 spiro atoms. The number of likely N-dealkylation sites (N-methyl/N-ethyl adjacent to an activating group) is 1. The molecule has 2 rings (SSSR count). The molecule has 3 amide bonds. The van der Waals surface area contributed by atoms with Gasteiger partial charge in [0, 0.05) is 79.1 Å². The number of carbonyl (C=O) groups excluding carboxylic acids is 3. The van der Waals surface area contributed by atoms with Crippen LogP contribution in [0.5, 0.6) is 0 Å². The van der Waals surface area contributed by atoms with E-state index in [9.17, 15) is 28.3 Å². The van der Waals surface area contributed by atoms with Crippen molar-refractivity contribution in [1.82, 2.24) is 25.0 Å². The number of nitrogens with zero attached hydrogens (tertiary/aromatic N) is 3. The highest BCUT2D eigenvalue weighted by atomic mass is 32.2. The van der Waals surface area contributed by atoms with E-state index in [4.69, 9.17) is 9.56 Å². The van der Waals surface area contributed by atoms with E-state index >= 15 is 0 Å². The summed E-state index contributed by atoms with van der Waals surface area (Å²) in [6.07, 6.45) is -0.0393. The van der Waals surface area contributed by atoms with E-state index in [2.05, 4.69) is 10.1 Å². The summed E-state index contributed by atoms with van der Waals surface area (Å²) >= 11 is 0. The maximum Gasteiger partial charge on any atom is 0.253 e. The first-order valence-corrected chi connectivity index (χ1v) is 17.1. The van der Waals surface area contributed by atoms with E-state index in [1.54, 1.807) is 26.0 Å². The smallest absolute Gasteiger partial charge is 0.253 e. The minimum Gasteiger partial charge on any atom is -0.390 e. The zero-order valence-corrected chi connectivity index (χ0v) is 28.6. The average molecular weight is 666 g/mol. The normalized spacial score (nSPS) is 13.0. The lowest BCUT2D eigenvalue weighted by atomic mass is 9.99. The summed E-state index contributed by atoms with van der Waals surface area (Å²) in [4.78, 5) is 46.0. The summed E-state index contributed by atoms with van der Waals surface area (Å²) in [5, 5.41) is 15.4. The highest BCUT2D eigenvalue weighted by Gasteiger charge is 2.27. The molecule has 0 aliphatic rings. The number of rotatable bonds is 17. The summed E-state index contributed by atoms with van der Waals surface area (Å²) < 4.78 is 44.8. The Bertz CT molecular complexity index is 1440. The van der Waals surface area contributed by atoms with Crippen LogP contribution in [0.2, 0.25) is 0 Å². The maximum atomic E-state index is 14.1.